The summed E-state index contributed by atoms with van der Waals surface area (Å²) in [7, 11) is 0. The van der Waals surface area contributed by atoms with Crippen molar-refractivity contribution in [3.8, 4) is 11.3 Å². The number of benzene rings is 3. The largest absolute Gasteiger partial charge is 0.325 e. The van der Waals surface area contributed by atoms with Crippen molar-refractivity contribution < 1.29 is 4.79 Å². The molecule has 0 radical (unpaired) electrons. The van der Waals surface area contributed by atoms with Crippen LogP contribution in [0.4, 0.5) is 5.69 Å². The van der Waals surface area contributed by atoms with Crippen LogP contribution >= 0.6 is 0 Å². The molecular weight excluding hydrogens is 398 g/mol. The van der Waals surface area contributed by atoms with Crippen LogP contribution in [-0.4, -0.2) is 25.7 Å². The number of nitrogens with one attached hydrogen (secondary N) is 1. The molecule has 156 valence electrons. The topological polar surface area (TPSA) is 72.2 Å². The summed E-state index contributed by atoms with van der Waals surface area (Å²) in [4.78, 5) is 13.3. The quantitative estimate of drug-likeness (QED) is 0.441. The zero-order chi connectivity index (χ0) is 21.9. The standard InChI is InChI=1S/C26H21N5O/c1-18-28-29-24-17-16-23(30-31(18)24)19-12-14-22(15-13-19)27-26(32)25(20-8-4-2-5-9-20)21-10-6-3-7-11-21/h2-17,25H,1H3,(H,27,32). The molecule has 0 bridgehead atoms. The average molecular weight is 419 g/mol. The van der Waals surface area contributed by atoms with Gasteiger partial charge in [-0.1, -0.05) is 72.8 Å². The molecule has 0 fully saturated rings. The van der Waals surface area contributed by atoms with Crippen LogP contribution in [0.1, 0.15) is 22.9 Å². The van der Waals surface area contributed by atoms with Crippen LogP contribution < -0.4 is 5.32 Å². The fourth-order valence-electron chi connectivity index (χ4n) is 3.78. The molecule has 0 aliphatic heterocycles. The van der Waals surface area contributed by atoms with Gasteiger partial charge in [-0.3, -0.25) is 4.79 Å². The molecule has 1 N–H and O–H groups in total. The predicted octanol–water partition coefficient (Wildman–Crippen LogP) is 4.87. The summed E-state index contributed by atoms with van der Waals surface area (Å²) in [5.74, 6) is 0.270. The van der Waals surface area contributed by atoms with E-state index < -0.39 is 5.92 Å². The summed E-state index contributed by atoms with van der Waals surface area (Å²) in [5.41, 5.74) is 5.11. The van der Waals surface area contributed by atoms with E-state index in [1.165, 1.54) is 0 Å². The number of amides is 1. The Morgan fingerprint density at radius 1 is 0.781 bits per heavy atom. The van der Waals surface area contributed by atoms with Gasteiger partial charge in [0.25, 0.3) is 0 Å². The molecule has 3 aromatic carbocycles. The van der Waals surface area contributed by atoms with E-state index in [1.807, 2.05) is 104 Å². The molecule has 0 aliphatic carbocycles. The zero-order valence-electron chi connectivity index (χ0n) is 17.5. The van der Waals surface area contributed by atoms with Crippen molar-refractivity contribution in [2.75, 3.05) is 5.32 Å². The first-order chi connectivity index (χ1) is 15.7. The monoisotopic (exact) mass is 419 g/mol. The van der Waals surface area contributed by atoms with Crippen molar-refractivity contribution in [3.63, 3.8) is 0 Å². The summed E-state index contributed by atoms with van der Waals surface area (Å²) < 4.78 is 1.72. The Kier molecular flexibility index (Phi) is 5.17. The minimum atomic E-state index is -0.391. The average Bonchev–Trinajstić information content (AvgIpc) is 3.21. The molecule has 0 aliphatic rings. The van der Waals surface area contributed by atoms with Crippen molar-refractivity contribution in [2.24, 2.45) is 0 Å². The Hall–Kier alpha value is -4.32. The predicted molar refractivity (Wildman–Crippen MR) is 124 cm³/mol. The first-order valence-corrected chi connectivity index (χ1v) is 10.4. The van der Waals surface area contributed by atoms with Crippen molar-refractivity contribution in [1.29, 1.82) is 0 Å². The summed E-state index contributed by atoms with van der Waals surface area (Å²) >= 11 is 0. The second-order valence-corrected chi connectivity index (χ2v) is 7.56. The fourth-order valence-corrected chi connectivity index (χ4v) is 3.78. The summed E-state index contributed by atoms with van der Waals surface area (Å²) in [6.45, 7) is 1.87. The highest BCUT2D eigenvalue weighted by Gasteiger charge is 2.22. The lowest BCUT2D eigenvalue weighted by atomic mass is 9.90. The lowest BCUT2D eigenvalue weighted by molar-refractivity contribution is -0.116. The highest BCUT2D eigenvalue weighted by molar-refractivity contribution is 5.98. The Bertz CT molecular complexity index is 1320. The van der Waals surface area contributed by atoms with E-state index in [0.29, 0.717) is 5.65 Å². The third-order valence-electron chi connectivity index (χ3n) is 5.39. The number of aryl methyl sites for hydroxylation is 1. The Balaban J connectivity index is 1.40. The number of hydrogen-bond donors (Lipinski definition) is 1. The maximum atomic E-state index is 13.3. The van der Waals surface area contributed by atoms with Crippen molar-refractivity contribution >= 4 is 17.2 Å². The second kappa shape index (κ2) is 8.43. The maximum Gasteiger partial charge on any atom is 0.236 e. The lowest BCUT2D eigenvalue weighted by Crippen LogP contribution is -2.22. The summed E-state index contributed by atoms with van der Waals surface area (Å²) in [6.07, 6.45) is 0. The minimum absolute atomic E-state index is 0.0743. The molecule has 2 aromatic heterocycles. The van der Waals surface area contributed by atoms with Crippen LogP contribution in [0.3, 0.4) is 0 Å². The molecule has 0 saturated carbocycles. The highest BCUT2D eigenvalue weighted by Crippen LogP contribution is 2.27. The fraction of sp³-hybridized carbons (Fsp3) is 0.0769. The highest BCUT2D eigenvalue weighted by atomic mass is 16.1. The van der Waals surface area contributed by atoms with Crippen LogP contribution in [0.5, 0.6) is 0 Å². The van der Waals surface area contributed by atoms with Gasteiger partial charge in [0.05, 0.1) is 11.6 Å². The van der Waals surface area contributed by atoms with Crippen LogP contribution in [0.15, 0.2) is 97.1 Å². The van der Waals surface area contributed by atoms with Gasteiger partial charge in [-0.15, -0.1) is 10.2 Å². The van der Waals surface area contributed by atoms with Gasteiger partial charge in [0.1, 0.15) is 0 Å². The first-order valence-electron chi connectivity index (χ1n) is 10.4. The molecule has 5 rings (SSSR count). The van der Waals surface area contributed by atoms with Crippen LogP contribution in [0.25, 0.3) is 16.9 Å². The van der Waals surface area contributed by atoms with Gasteiger partial charge in [-0.25, -0.2) is 0 Å². The maximum absolute atomic E-state index is 13.3. The van der Waals surface area contributed by atoms with Gasteiger partial charge in [0, 0.05) is 11.3 Å². The smallest absolute Gasteiger partial charge is 0.236 e. The number of carbonyl (C=O) groups is 1. The third kappa shape index (κ3) is 3.86. The number of aromatic nitrogens is 4. The number of carbonyl (C=O) groups excluding carboxylic acids is 1. The minimum Gasteiger partial charge on any atom is -0.325 e. The van der Waals surface area contributed by atoms with E-state index in [0.717, 1.165) is 33.9 Å². The normalized spacial score (nSPS) is 11.1. The summed E-state index contributed by atoms with van der Waals surface area (Å²) in [6, 6.07) is 31.1. The zero-order valence-corrected chi connectivity index (χ0v) is 17.5. The first kappa shape index (κ1) is 19.6. The SMILES string of the molecule is Cc1nnc2ccc(-c3ccc(NC(=O)C(c4ccccc4)c4ccccc4)cc3)nn12. The molecule has 6 heteroatoms. The molecule has 0 saturated heterocycles. The van der Waals surface area contributed by atoms with Gasteiger partial charge in [0.15, 0.2) is 11.5 Å². The van der Waals surface area contributed by atoms with Gasteiger partial charge in [-0.2, -0.15) is 9.61 Å². The Labute approximate surface area is 185 Å². The van der Waals surface area contributed by atoms with E-state index >= 15 is 0 Å². The molecule has 32 heavy (non-hydrogen) atoms. The third-order valence-corrected chi connectivity index (χ3v) is 5.39. The molecule has 2 heterocycles. The number of fused-ring (bicyclic) bond motifs is 1. The molecule has 0 atom stereocenters. The van der Waals surface area contributed by atoms with E-state index in [9.17, 15) is 4.79 Å². The van der Waals surface area contributed by atoms with Crippen molar-refractivity contribution in [2.45, 2.75) is 12.8 Å². The van der Waals surface area contributed by atoms with E-state index in [2.05, 4.69) is 20.6 Å². The van der Waals surface area contributed by atoms with Gasteiger partial charge < -0.3 is 5.32 Å². The number of hydrogen-bond acceptors (Lipinski definition) is 4. The van der Waals surface area contributed by atoms with Crippen molar-refractivity contribution in [1.82, 2.24) is 19.8 Å². The molecule has 6 nitrogen and oxygen atoms in total. The van der Waals surface area contributed by atoms with Gasteiger partial charge >= 0.3 is 0 Å². The van der Waals surface area contributed by atoms with Crippen LogP contribution in [0, 0.1) is 6.92 Å². The molecule has 1 amide bonds. The van der Waals surface area contributed by atoms with Crippen LogP contribution in [0.2, 0.25) is 0 Å². The molecule has 0 spiro atoms. The van der Waals surface area contributed by atoms with Crippen LogP contribution in [-0.2, 0) is 4.79 Å². The van der Waals surface area contributed by atoms with E-state index in [1.54, 1.807) is 4.52 Å². The number of nitrogens with zero attached hydrogens (tertiary/aromatic N) is 4. The van der Waals surface area contributed by atoms with Crippen molar-refractivity contribution in [3.05, 3.63) is 114 Å². The molecule has 5 aromatic rings. The van der Waals surface area contributed by atoms with Gasteiger partial charge in [0.2, 0.25) is 5.91 Å². The number of anilines is 1. The summed E-state index contributed by atoms with van der Waals surface area (Å²) in [5, 5.41) is 15.8. The Morgan fingerprint density at radius 2 is 1.41 bits per heavy atom. The molecule has 0 unspecified atom stereocenters. The van der Waals surface area contributed by atoms with Gasteiger partial charge in [-0.05, 0) is 42.3 Å². The second-order valence-electron chi connectivity index (χ2n) is 7.56. The lowest BCUT2D eigenvalue weighted by Gasteiger charge is -2.18. The number of rotatable bonds is 5. The Morgan fingerprint density at radius 3 is 2.03 bits per heavy atom. The van der Waals surface area contributed by atoms with E-state index in [4.69, 9.17) is 0 Å². The molecular formula is C26H21N5O. The van der Waals surface area contributed by atoms with E-state index in [-0.39, 0.29) is 5.91 Å².